The van der Waals surface area contributed by atoms with E-state index >= 15 is 0 Å². The van der Waals surface area contributed by atoms with Gasteiger partial charge in [0.05, 0.1) is 0 Å². The summed E-state index contributed by atoms with van der Waals surface area (Å²) < 4.78 is 38.7. The van der Waals surface area contributed by atoms with Crippen LogP contribution in [0, 0.1) is 13.8 Å². The van der Waals surface area contributed by atoms with Gasteiger partial charge >= 0.3 is 6.18 Å². The molecule has 0 spiro atoms. The van der Waals surface area contributed by atoms with Gasteiger partial charge < -0.3 is 5.32 Å². The fraction of sp³-hybridized carbons (Fsp3) is 0.364. The molecule has 0 aliphatic rings. The molecule has 0 fully saturated rings. The van der Waals surface area contributed by atoms with Crippen LogP contribution in [0.3, 0.4) is 0 Å². The van der Waals surface area contributed by atoms with Crippen LogP contribution in [0.2, 0.25) is 0 Å². The van der Waals surface area contributed by atoms with Crippen molar-refractivity contribution >= 4 is 5.82 Å². The monoisotopic (exact) mass is 271 g/mol. The van der Waals surface area contributed by atoms with Crippen molar-refractivity contribution in [1.29, 1.82) is 0 Å². The van der Waals surface area contributed by atoms with Crippen molar-refractivity contribution < 1.29 is 13.2 Å². The standard InChI is InChI=1S/C11H12F3N5/c1-6-9(15-3)16-7(2)17-10(6)19-5-4-8(18-19)11(12,13)14/h4-5H,1-3H3,(H,15,16,17). The molecule has 2 aromatic rings. The van der Waals surface area contributed by atoms with E-state index in [0.717, 1.165) is 10.7 Å². The minimum atomic E-state index is -4.47. The van der Waals surface area contributed by atoms with Crippen LogP contribution < -0.4 is 5.32 Å². The molecule has 0 aromatic carbocycles. The quantitative estimate of drug-likeness (QED) is 0.910. The molecule has 0 aliphatic carbocycles. The predicted molar refractivity (Wildman–Crippen MR) is 63.2 cm³/mol. The maximum Gasteiger partial charge on any atom is 0.435 e. The predicted octanol–water partition coefficient (Wildman–Crippen LogP) is 2.34. The molecule has 0 bridgehead atoms. The van der Waals surface area contributed by atoms with E-state index in [2.05, 4.69) is 20.4 Å². The molecule has 0 atom stereocenters. The molecule has 8 heteroatoms. The highest BCUT2D eigenvalue weighted by atomic mass is 19.4. The van der Waals surface area contributed by atoms with Crippen LogP contribution in [-0.4, -0.2) is 26.8 Å². The highest BCUT2D eigenvalue weighted by Gasteiger charge is 2.33. The lowest BCUT2D eigenvalue weighted by molar-refractivity contribution is -0.141. The van der Waals surface area contributed by atoms with Crippen LogP contribution in [0.15, 0.2) is 12.3 Å². The zero-order valence-electron chi connectivity index (χ0n) is 10.6. The van der Waals surface area contributed by atoms with E-state index in [1.54, 1.807) is 20.9 Å². The summed E-state index contributed by atoms with van der Waals surface area (Å²) in [5.41, 5.74) is -0.320. The number of aryl methyl sites for hydroxylation is 1. The van der Waals surface area contributed by atoms with E-state index in [1.165, 1.54) is 6.20 Å². The Labute approximate surface area is 107 Å². The summed E-state index contributed by atoms with van der Waals surface area (Å²) in [6, 6.07) is 0.913. The van der Waals surface area contributed by atoms with Gasteiger partial charge in [0.2, 0.25) is 0 Å². The van der Waals surface area contributed by atoms with Crippen molar-refractivity contribution in [3.63, 3.8) is 0 Å². The molecule has 0 amide bonds. The second-order valence-corrected chi connectivity index (χ2v) is 3.96. The van der Waals surface area contributed by atoms with E-state index in [9.17, 15) is 13.2 Å². The molecule has 0 unspecified atom stereocenters. The smallest absolute Gasteiger partial charge is 0.373 e. The normalized spacial score (nSPS) is 11.7. The molecule has 19 heavy (non-hydrogen) atoms. The summed E-state index contributed by atoms with van der Waals surface area (Å²) in [7, 11) is 1.68. The van der Waals surface area contributed by atoms with Crippen molar-refractivity contribution in [2.75, 3.05) is 12.4 Å². The van der Waals surface area contributed by atoms with Crippen molar-refractivity contribution in [2.45, 2.75) is 20.0 Å². The highest BCUT2D eigenvalue weighted by Crippen LogP contribution is 2.28. The van der Waals surface area contributed by atoms with Gasteiger partial charge in [-0.1, -0.05) is 0 Å². The summed E-state index contributed by atoms with van der Waals surface area (Å²) in [6.45, 7) is 3.38. The average molecular weight is 271 g/mol. The van der Waals surface area contributed by atoms with E-state index in [0.29, 0.717) is 23.0 Å². The van der Waals surface area contributed by atoms with Crippen molar-refractivity contribution in [3.05, 3.63) is 29.3 Å². The Morgan fingerprint density at radius 3 is 2.42 bits per heavy atom. The Bertz CT molecular complexity index is 603. The number of hydrogen-bond acceptors (Lipinski definition) is 4. The second kappa shape index (κ2) is 4.52. The molecular formula is C11H12F3N5. The lowest BCUT2D eigenvalue weighted by Gasteiger charge is -2.10. The SMILES string of the molecule is CNc1nc(C)nc(-n2ccc(C(F)(F)F)n2)c1C. The molecule has 0 radical (unpaired) electrons. The van der Waals surface area contributed by atoms with Gasteiger partial charge in [-0.15, -0.1) is 0 Å². The number of halogens is 3. The van der Waals surface area contributed by atoms with Crippen LogP contribution in [0.4, 0.5) is 19.0 Å². The fourth-order valence-corrected chi connectivity index (χ4v) is 1.67. The summed E-state index contributed by atoms with van der Waals surface area (Å²) in [5.74, 6) is 1.34. The van der Waals surface area contributed by atoms with Crippen molar-refractivity contribution in [3.8, 4) is 5.82 Å². The van der Waals surface area contributed by atoms with E-state index < -0.39 is 11.9 Å². The first-order chi connectivity index (χ1) is 8.82. The number of alkyl halides is 3. The number of nitrogens with one attached hydrogen (secondary N) is 1. The van der Waals surface area contributed by atoms with Crippen molar-refractivity contribution in [2.24, 2.45) is 0 Å². The minimum Gasteiger partial charge on any atom is -0.373 e. The topological polar surface area (TPSA) is 55.6 Å². The summed E-state index contributed by atoms with van der Waals surface area (Å²) in [5, 5.41) is 6.37. The maximum absolute atomic E-state index is 12.5. The molecule has 1 N–H and O–H groups in total. The van der Waals surface area contributed by atoms with Crippen LogP contribution in [0.5, 0.6) is 0 Å². The first-order valence-electron chi connectivity index (χ1n) is 5.49. The van der Waals surface area contributed by atoms with Gasteiger partial charge in [-0.25, -0.2) is 14.6 Å². The Hall–Kier alpha value is -2.12. The molecular weight excluding hydrogens is 259 g/mol. The van der Waals surface area contributed by atoms with Gasteiger partial charge in [0, 0.05) is 18.8 Å². The van der Waals surface area contributed by atoms with Gasteiger partial charge in [0.25, 0.3) is 0 Å². The molecule has 0 saturated heterocycles. The third-order valence-corrected chi connectivity index (χ3v) is 2.57. The molecule has 2 heterocycles. The number of rotatable bonds is 2. The Morgan fingerprint density at radius 1 is 1.21 bits per heavy atom. The zero-order valence-corrected chi connectivity index (χ0v) is 10.6. The van der Waals surface area contributed by atoms with Crippen molar-refractivity contribution in [1.82, 2.24) is 19.7 Å². The van der Waals surface area contributed by atoms with E-state index in [4.69, 9.17) is 0 Å². The lowest BCUT2D eigenvalue weighted by atomic mass is 10.3. The summed E-state index contributed by atoms with van der Waals surface area (Å²) in [4.78, 5) is 8.28. The number of aromatic nitrogens is 4. The Kier molecular flexibility index (Phi) is 3.17. The van der Waals surface area contributed by atoms with E-state index in [1.807, 2.05) is 0 Å². The maximum atomic E-state index is 12.5. The lowest BCUT2D eigenvalue weighted by Crippen LogP contribution is -2.11. The van der Waals surface area contributed by atoms with Crippen LogP contribution in [0.1, 0.15) is 17.1 Å². The summed E-state index contributed by atoms with van der Waals surface area (Å²) >= 11 is 0. The van der Waals surface area contributed by atoms with Gasteiger partial charge in [-0.05, 0) is 19.9 Å². The average Bonchev–Trinajstić information content (AvgIpc) is 2.80. The molecule has 102 valence electrons. The van der Waals surface area contributed by atoms with Crippen LogP contribution in [0.25, 0.3) is 5.82 Å². The molecule has 5 nitrogen and oxygen atoms in total. The van der Waals surface area contributed by atoms with E-state index in [-0.39, 0.29) is 0 Å². The molecule has 2 rings (SSSR count). The number of nitrogens with zero attached hydrogens (tertiary/aromatic N) is 4. The van der Waals surface area contributed by atoms with Gasteiger partial charge in [-0.2, -0.15) is 18.3 Å². The van der Waals surface area contributed by atoms with Gasteiger partial charge in [0.15, 0.2) is 11.5 Å². The number of hydrogen-bond donors (Lipinski definition) is 1. The largest absolute Gasteiger partial charge is 0.435 e. The first-order valence-corrected chi connectivity index (χ1v) is 5.49. The highest BCUT2D eigenvalue weighted by molar-refractivity contribution is 5.50. The van der Waals surface area contributed by atoms with Gasteiger partial charge in [0.1, 0.15) is 11.6 Å². The van der Waals surface area contributed by atoms with Crippen LogP contribution in [-0.2, 0) is 6.18 Å². The first kappa shape index (κ1) is 13.3. The third-order valence-electron chi connectivity index (χ3n) is 2.57. The third kappa shape index (κ3) is 2.51. The summed E-state index contributed by atoms with van der Waals surface area (Å²) in [6.07, 6.45) is -3.23. The van der Waals surface area contributed by atoms with Gasteiger partial charge in [-0.3, -0.25) is 0 Å². The molecule has 0 saturated carbocycles. The van der Waals surface area contributed by atoms with Crippen LogP contribution >= 0.6 is 0 Å². The minimum absolute atomic E-state index is 0.326. The Morgan fingerprint density at radius 2 is 1.89 bits per heavy atom. The second-order valence-electron chi connectivity index (χ2n) is 3.96. The number of anilines is 1. The fourth-order valence-electron chi connectivity index (χ4n) is 1.67. The molecule has 0 aliphatic heterocycles. The zero-order chi connectivity index (χ0) is 14.2. The Balaban J connectivity index is 2.53. The molecule has 2 aromatic heterocycles.